The smallest absolute Gasteiger partial charge is 0.265 e. The number of aromatic nitrogens is 2. The van der Waals surface area contributed by atoms with E-state index in [2.05, 4.69) is 57.2 Å². The van der Waals surface area contributed by atoms with Gasteiger partial charge in [-0.3, -0.25) is 9.69 Å². The second-order valence-electron chi connectivity index (χ2n) is 8.86. The molecule has 1 aromatic heterocycles. The van der Waals surface area contributed by atoms with Crippen molar-refractivity contribution >= 4 is 40.6 Å². The zero-order valence-electron chi connectivity index (χ0n) is 19.1. The number of aryl methyl sites for hydroxylation is 1. The van der Waals surface area contributed by atoms with Gasteiger partial charge in [0.05, 0.1) is 17.4 Å². The Bertz CT molecular complexity index is 1160. The van der Waals surface area contributed by atoms with E-state index >= 15 is 0 Å². The summed E-state index contributed by atoms with van der Waals surface area (Å²) in [4.78, 5) is 28.1. The molecule has 3 aliphatic heterocycles. The summed E-state index contributed by atoms with van der Waals surface area (Å²) in [5, 5.41) is 7.17. The zero-order chi connectivity index (χ0) is 23.3. The molecule has 0 aliphatic carbocycles. The molecule has 9 heteroatoms. The number of carbonyl (C=O) groups is 1. The summed E-state index contributed by atoms with van der Waals surface area (Å²) in [5.74, 6) is 0.837. The molecule has 4 heterocycles. The average Bonchev–Trinajstić information content (AvgIpc) is 3.41. The number of hydrogen-bond donors (Lipinski definition) is 2. The van der Waals surface area contributed by atoms with Crippen molar-refractivity contribution in [2.75, 3.05) is 41.9 Å². The van der Waals surface area contributed by atoms with Crippen LogP contribution in [0.3, 0.4) is 0 Å². The highest BCUT2D eigenvalue weighted by Crippen LogP contribution is 2.34. The highest BCUT2D eigenvalue weighted by atomic mass is 35.5. The van der Waals surface area contributed by atoms with E-state index in [0.29, 0.717) is 46.8 Å². The molecule has 5 rings (SSSR count). The third-order valence-electron chi connectivity index (χ3n) is 6.62. The fourth-order valence-corrected chi connectivity index (χ4v) is 5.26. The number of piperazine rings is 1. The van der Waals surface area contributed by atoms with Crippen molar-refractivity contribution < 1.29 is 4.79 Å². The van der Waals surface area contributed by atoms with E-state index in [1.54, 1.807) is 17.2 Å². The van der Waals surface area contributed by atoms with Gasteiger partial charge in [-0.2, -0.15) is 4.98 Å². The van der Waals surface area contributed by atoms with Crippen LogP contribution in [0.2, 0.25) is 0 Å². The summed E-state index contributed by atoms with van der Waals surface area (Å²) in [6, 6.07) is 7.55. The first kappa shape index (κ1) is 21.7. The molecule has 2 unspecified atom stereocenters. The van der Waals surface area contributed by atoms with Gasteiger partial charge in [-0.25, -0.2) is 4.98 Å². The second kappa shape index (κ2) is 8.35. The number of fused-ring (bicyclic) bond motifs is 3. The van der Waals surface area contributed by atoms with E-state index in [1.807, 2.05) is 18.9 Å². The maximum atomic E-state index is 13.0. The number of allylic oxidation sites excluding steroid dienone is 2. The number of rotatable bonds is 5. The molecular formula is C24H28ClN7O. The summed E-state index contributed by atoms with van der Waals surface area (Å²) in [7, 11) is 1.89. The van der Waals surface area contributed by atoms with Crippen LogP contribution in [0.1, 0.15) is 29.3 Å². The lowest BCUT2D eigenvalue weighted by molar-refractivity contribution is 0.0798. The van der Waals surface area contributed by atoms with Crippen molar-refractivity contribution in [1.29, 1.82) is 0 Å². The highest BCUT2D eigenvalue weighted by molar-refractivity contribution is 6.31. The Morgan fingerprint density at radius 2 is 2.21 bits per heavy atom. The molecule has 33 heavy (non-hydrogen) atoms. The van der Waals surface area contributed by atoms with Crippen LogP contribution in [0.4, 0.5) is 23.1 Å². The minimum atomic E-state index is -0.195. The number of nitrogens with zero attached hydrogens (tertiary/aromatic N) is 5. The summed E-state index contributed by atoms with van der Waals surface area (Å²) in [5.41, 5.74) is 4.43. The quantitative estimate of drug-likeness (QED) is 0.653. The van der Waals surface area contributed by atoms with Crippen LogP contribution in [0.25, 0.3) is 0 Å². The standard InChI is InChI=1S/C24H28ClN7O/c1-5-20(15(3)25)32-13-30(4)22-19(23(32)33)11-27-24(29-22)28-16-6-7-21(14(2)8-16)31-12-17-9-18(31)10-26-17/h5-8,11,17-18,26H,3,9-10,12-13H2,1-2,4H3,(H,27,28,29). The van der Waals surface area contributed by atoms with Gasteiger partial charge in [-0.05, 0) is 44.0 Å². The number of halogens is 1. The number of anilines is 4. The monoisotopic (exact) mass is 465 g/mol. The van der Waals surface area contributed by atoms with Crippen LogP contribution in [-0.2, 0) is 0 Å². The predicted octanol–water partition coefficient (Wildman–Crippen LogP) is 3.58. The first-order valence-corrected chi connectivity index (χ1v) is 11.5. The molecule has 2 N–H and O–H groups in total. The molecule has 172 valence electrons. The zero-order valence-corrected chi connectivity index (χ0v) is 19.9. The van der Waals surface area contributed by atoms with Crippen molar-refractivity contribution in [3.63, 3.8) is 0 Å². The minimum Gasteiger partial charge on any atom is -0.365 e. The Hall–Kier alpha value is -3.10. The first-order chi connectivity index (χ1) is 15.9. The molecule has 2 atom stereocenters. The van der Waals surface area contributed by atoms with Crippen molar-refractivity contribution in [2.45, 2.75) is 32.4 Å². The number of nitrogens with one attached hydrogen (secondary N) is 2. The number of hydrogen-bond acceptors (Lipinski definition) is 7. The average molecular weight is 466 g/mol. The van der Waals surface area contributed by atoms with Gasteiger partial charge in [0.25, 0.3) is 5.91 Å². The Kier molecular flexibility index (Phi) is 5.50. The fraction of sp³-hybridized carbons (Fsp3) is 0.375. The second-order valence-corrected chi connectivity index (χ2v) is 9.31. The van der Waals surface area contributed by atoms with E-state index in [9.17, 15) is 4.79 Å². The van der Waals surface area contributed by atoms with Gasteiger partial charge in [0.2, 0.25) is 5.95 Å². The van der Waals surface area contributed by atoms with E-state index in [1.165, 1.54) is 17.7 Å². The summed E-state index contributed by atoms with van der Waals surface area (Å²) >= 11 is 6.09. The van der Waals surface area contributed by atoms with E-state index in [0.717, 1.165) is 18.8 Å². The number of amides is 1. The maximum absolute atomic E-state index is 13.0. The molecule has 1 amide bonds. The molecule has 2 aromatic rings. The Morgan fingerprint density at radius 1 is 1.39 bits per heavy atom. The van der Waals surface area contributed by atoms with Crippen molar-refractivity contribution in [2.24, 2.45) is 0 Å². The summed E-state index contributed by atoms with van der Waals surface area (Å²) in [6.07, 6.45) is 4.56. The topological polar surface area (TPSA) is 76.6 Å². The van der Waals surface area contributed by atoms with Crippen LogP contribution in [0.5, 0.6) is 0 Å². The summed E-state index contributed by atoms with van der Waals surface area (Å²) in [6.45, 7) is 10.2. The van der Waals surface area contributed by atoms with Crippen LogP contribution in [-0.4, -0.2) is 59.7 Å². The predicted molar refractivity (Wildman–Crippen MR) is 132 cm³/mol. The maximum Gasteiger partial charge on any atom is 0.265 e. The van der Waals surface area contributed by atoms with Crippen molar-refractivity contribution in [1.82, 2.24) is 20.2 Å². The van der Waals surface area contributed by atoms with Gasteiger partial charge >= 0.3 is 0 Å². The van der Waals surface area contributed by atoms with Crippen LogP contribution < -0.4 is 20.4 Å². The molecule has 2 fully saturated rings. The molecular weight excluding hydrogens is 438 g/mol. The fourth-order valence-electron chi connectivity index (χ4n) is 5.05. The largest absolute Gasteiger partial charge is 0.365 e. The molecule has 1 aromatic carbocycles. The van der Waals surface area contributed by atoms with Gasteiger partial charge in [0, 0.05) is 49.8 Å². The Morgan fingerprint density at radius 3 is 2.85 bits per heavy atom. The SMILES string of the molecule is C=C(Cl)C(=CC)N1CN(C)c2nc(Nc3ccc(N4CC5CC4CN5)c(C)c3)ncc2C1=O. The lowest BCUT2D eigenvalue weighted by Crippen LogP contribution is -2.45. The van der Waals surface area contributed by atoms with Gasteiger partial charge in [-0.15, -0.1) is 0 Å². The molecule has 2 bridgehead atoms. The van der Waals surface area contributed by atoms with Gasteiger partial charge in [0.15, 0.2) is 0 Å². The highest BCUT2D eigenvalue weighted by Gasteiger charge is 2.38. The van der Waals surface area contributed by atoms with E-state index in [4.69, 9.17) is 11.6 Å². The Balaban J connectivity index is 1.36. The Labute approximate surface area is 198 Å². The molecule has 0 radical (unpaired) electrons. The number of benzene rings is 1. The molecule has 2 saturated heterocycles. The van der Waals surface area contributed by atoms with Gasteiger partial charge in [0.1, 0.15) is 11.4 Å². The number of carbonyl (C=O) groups excluding carboxylic acids is 1. The van der Waals surface area contributed by atoms with Gasteiger partial charge in [-0.1, -0.05) is 24.3 Å². The third-order valence-corrected chi connectivity index (χ3v) is 6.81. The van der Waals surface area contributed by atoms with Crippen LogP contribution in [0.15, 0.2) is 47.8 Å². The van der Waals surface area contributed by atoms with Gasteiger partial charge < -0.3 is 20.4 Å². The van der Waals surface area contributed by atoms with E-state index in [-0.39, 0.29) is 5.91 Å². The molecule has 0 saturated carbocycles. The third kappa shape index (κ3) is 3.83. The first-order valence-electron chi connectivity index (χ1n) is 11.1. The lowest BCUT2D eigenvalue weighted by Gasteiger charge is -2.35. The normalized spacial score (nSPS) is 22.1. The minimum absolute atomic E-state index is 0.195. The van der Waals surface area contributed by atoms with Crippen molar-refractivity contribution in [3.8, 4) is 0 Å². The summed E-state index contributed by atoms with van der Waals surface area (Å²) < 4.78 is 0. The van der Waals surface area contributed by atoms with Crippen molar-refractivity contribution in [3.05, 3.63) is 58.9 Å². The lowest BCUT2D eigenvalue weighted by atomic mass is 10.1. The van der Waals surface area contributed by atoms with E-state index < -0.39 is 0 Å². The van der Waals surface area contributed by atoms with Crippen LogP contribution >= 0.6 is 11.6 Å². The van der Waals surface area contributed by atoms with Crippen LogP contribution in [0, 0.1) is 6.92 Å². The molecule has 8 nitrogen and oxygen atoms in total. The molecule has 0 spiro atoms. The molecule has 3 aliphatic rings.